The Bertz CT molecular complexity index is 1270. The van der Waals surface area contributed by atoms with E-state index in [0.717, 1.165) is 11.3 Å². The van der Waals surface area contributed by atoms with E-state index in [2.05, 4.69) is 15.4 Å². The summed E-state index contributed by atoms with van der Waals surface area (Å²) in [5, 5.41) is 7.56. The number of alkyl halides is 2. The van der Waals surface area contributed by atoms with Crippen molar-refractivity contribution in [2.45, 2.75) is 32.9 Å². The second-order valence-electron chi connectivity index (χ2n) is 7.77. The molecule has 0 fully saturated rings. The van der Waals surface area contributed by atoms with Crippen molar-refractivity contribution < 1.29 is 18.3 Å². The van der Waals surface area contributed by atoms with E-state index < -0.39 is 6.43 Å². The molecule has 0 radical (unpaired) electrons. The van der Waals surface area contributed by atoms with Crippen molar-refractivity contribution in [3.63, 3.8) is 0 Å². The molecule has 0 saturated heterocycles. The average molecular weight is 450 g/mol. The van der Waals surface area contributed by atoms with Gasteiger partial charge in [0, 0.05) is 11.1 Å². The normalized spacial score (nSPS) is 12.2. The molecule has 0 saturated carbocycles. The van der Waals surface area contributed by atoms with E-state index in [1.165, 1.54) is 10.7 Å². The fourth-order valence-corrected chi connectivity index (χ4v) is 3.82. The van der Waals surface area contributed by atoms with Crippen LogP contribution in [-0.2, 0) is 11.3 Å². The number of aromatic nitrogens is 3. The minimum Gasteiger partial charge on any atom is -0.497 e. The first-order valence-corrected chi connectivity index (χ1v) is 10.5. The maximum absolute atomic E-state index is 13.9. The zero-order chi connectivity index (χ0) is 23.5. The second kappa shape index (κ2) is 9.36. The van der Waals surface area contributed by atoms with Crippen molar-refractivity contribution in [1.29, 1.82) is 0 Å². The Morgan fingerprint density at radius 3 is 2.45 bits per heavy atom. The lowest BCUT2D eigenvalue weighted by atomic mass is 10.1. The van der Waals surface area contributed by atoms with Gasteiger partial charge in [0.25, 0.3) is 6.43 Å². The van der Waals surface area contributed by atoms with Gasteiger partial charge in [-0.05, 0) is 37.6 Å². The first-order chi connectivity index (χ1) is 15.9. The van der Waals surface area contributed by atoms with Gasteiger partial charge in [-0.1, -0.05) is 42.5 Å². The molecule has 0 bridgehead atoms. The molecule has 1 amide bonds. The molecule has 0 aliphatic carbocycles. The number of nitrogens with one attached hydrogen (secondary N) is 1. The minimum absolute atomic E-state index is 0.140. The third-order valence-electron chi connectivity index (χ3n) is 5.50. The highest BCUT2D eigenvalue weighted by Crippen LogP contribution is 2.33. The van der Waals surface area contributed by atoms with Crippen molar-refractivity contribution in [3.05, 3.63) is 77.5 Å². The summed E-state index contributed by atoms with van der Waals surface area (Å²) < 4.78 is 34.4. The minimum atomic E-state index is -2.70. The van der Waals surface area contributed by atoms with Gasteiger partial charge < -0.3 is 10.1 Å². The largest absolute Gasteiger partial charge is 0.497 e. The number of rotatable bonds is 7. The SMILES string of the molecule is COc1ccc(C(C)NC(=O)Cn2nc(C)c3c(C(F)F)cc(-c4ccccc4)nc32)cc1. The number of hydrogen-bond donors (Lipinski definition) is 1. The lowest BCUT2D eigenvalue weighted by Gasteiger charge is -2.15. The van der Waals surface area contributed by atoms with Gasteiger partial charge in [0.05, 0.1) is 29.9 Å². The quantitative estimate of drug-likeness (QED) is 0.419. The molecular formula is C25H24F2N4O2. The van der Waals surface area contributed by atoms with E-state index in [-0.39, 0.29) is 35.1 Å². The molecule has 0 spiro atoms. The van der Waals surface area contributed by atoms with E-state index in [1.807, 2.05) is 49.4 Å². The van der Waals surface area contributed by atoms with Crippen LogP contribution in [0.2, 0.25) is 0 Å². The molecule has 2 heterocycles. The van der Waals surface area contributed by atoms with E-state index in [1.54, 1.807) is 26.2 Å². The molecule has 0 aliphatic rings. The molecule has 4 aromatic rings. The third-order valence-corrected chi connectivity index (χ3v) is 5.50. The van der Waals surface area contributed by atoms with Crippen LogP contribution in [0.3, 0.4) is 0 Å². The molecule has 170 valence electrons. The number of aryl methyl sites for hydroxylation is 1. The van der Waals surface area contributed by atoms with E-state index in [0.29, 0.717) is 17.0 Å². The zero-order valence-electron chi connectivity index (χ0n) is 18.5. The van der Waals surface area contributed by atoms with Gasteiger partial charge in [-0.15, -0.1) is 0 Å². The maximum Gasteiger partial charge on any atom is 0.264 e. The van der Waals surface area contributed by atoms with Crippen molar-refractivity contribution in [2.75, 3.05) is 7.11 Å². The molecule has 6 nitrogen and oxygen atoms in total. The van der Waals surface area contributed by atoms with Crippen LogP contribution in [0, 0.1) is 6.92 Å². The summed E-state index contributed by atoms with van der Waals surface area (Å²) in [5.41, 5.74) is 2.56. The van der Waals surface area contributed by atoms with Gasteiger partial charge in [0.2, 0.25) is 5.91 Å². The second-order valence-corrected chi connectivity index (χ2v) is 7.77. The topological polar surface area (TPSA) is 69.0 Å². The molecule has 8 heteroatoms. The van der Waals surface area contributed by atoms with E-state index >= 15 is 0 Å². The monoisotopic (exact) mass is 450 g/mol. The molecular weight excluding hydrogens is 426 g/mol. The molecule has 2 aromatic heterocycles. The number of methoxy groups -OCH3 is 1. The predicted molar refractivity (Wildman–Crippen MR) is 122 cm³/mol. The lowest BCUT2D eigenvalue weighted by Crippen LogP contribution is -2.30. The molecule has 4 rings (SSSR count). The van der Waals surface area contributed by atoms with Gasteiger partial charge >= 0.3 is 0 Å². The lowest BCUT2D eigenvalue weighted by molar-refractivity contribution is -0.122. The van der Waals surface area contributed by atoms with Gasteiger partial charge in [-0.2, -0.15) is 5.10 Å². The number of carbonyl (C=O) groups excluding carboxylic acids is 1. The standard InChI is InChI=1S/C25H24F2N4O2/c1-15(17-9-11-19(33-3)12-10-17)28-22(32)14-31-25-23(16(2)30-31)20(24(26)27)13-21(29-25)18-7-5-4-6-8-18/h4-13,15,24H,14H2,1-3H3,(H,28,32). The van der Waals surface area contributed by atoms with E-state index in [4.69, 9.17) is 4.74 Å². The number of ether oxygens (including phenoxy) is 1. The Morgan fingerprint density at radius 2 is 1.82 bits per heavy atom. The van der Waals surface area contributed by atoms with Crippen LogP contribution in [0.4, 0.5) is 8.78 Å². The summed E-state index contributed by atoms with van der Waals surface area (Å²) in [4.78, 5) is 17.4. The highest BCUT2D eigenvalue weighted by Gasteiger charge is 2.22. The van der Waals surface area contributed by atoms with Crippen molar-refractivity contribution in [3.8, 4) is 17.0 Å². The van der Waals surface area contributed by atoms with Crippen LogP contribution < -0.4 is 10.1 Å². The van der Waals surface area contributed by atoms with Crippen LogP contribution in [0.1, 0.15) is 36.2 Å². The van der Waals surface area contributed by atoms with Crippen molar-refractivity contribution in [1.82, 2.24) is 20.1 Å². The number of pyridine rings is 1. The molecule has 33 heavy (non-hydrogen) atoms. The van der Waals surface area contributed by atoms with Crippen LogP contribution in [0.25, 0.3) is 22.3 Å². The smallest absolute Gasteiger partial charge is 0.264 e. The molecule has 0 aliphatic heterocycles. The first kappa shape index (κ1) is 22.4. The highest BCUT2D eigenvalue weighted by atomic mass is 19.3. The summed E-state index contributed by atoms with van der Waals surface area (Å²) in [7, 11) is 1.59. The Balaban J connectivity index is 1.64. The molecule has 1 N–H and O–H groups in total. The van der Waals surface area contributed by atoms with E-state index in [9.17, 15) is 13.6 Å². The van der Waals surface area contributed by atoms with Crippen LogP contribution in [0.5, 0.6) is 5.75 Å². The average Bonchev–Trinajstić information content (AvgIpc) is 3.13. The summed E-state index contributed by atoms with van der Waals surface area (Å²) >= 11 is 0. The Morgan fingerprint density at radius 1 is 1.12 bits per heavy atom. The van der Waals surface area contributed by atoms with Gasteiger partial charge in [0.1, 0.15) is 12.3 Å². The van der Waals surface area contributed by atoms with Gasteiger partial charge in [-0.3, -0.25) is 4.79 Å². The zero-order valence-corrected chi connectivity index (χ0v) is 18.5. The number of carbonyl (C=O) groups is 1. The summed E-state index contributed by atoms with van der Waals surface area (Å²) in [6, 6.07) is 17.6. The fraction of sp³-hybridized carbons (Fsp3) is 0.240. The fourth-order valence-electron chi connectivity index (χ4n) is 3.82. The van der Waals surface area contributed by atoms with Crippen LogP contribution >= 0.6 is 0 Å². The van der Waals surface area contributed by atoms with Crippen LogP contribution in [-0.4, -0.2) is 27.8 Å². The molecule has 2 aromatic carbocycles. The van der Waals surface area contributed by atoms with Gasteiger partial charge in [0.15, 0.2) is 5.65 Å². The third kappa shape index (κ3) is 4.69. The Hall–Kier alpha value is -3.81. The number of fused-ring (bicyclic) bond motifs is 1. The molecule has 1 unspecified atom stereocenters. The van der Waals surface area contributed by atoms with Crippen molar-refractivity contribution in [2.24, 2.45) is 0 Å². The summed E-state index contributed by atoms with van der Waals surface area (Å²) in [6.45, 7) is 3.37. The number of hydrogen-bond acceptors (Lipinski definition) is 4. The number of halogens is 2. The predicted octanol–water partition coefficient (Wildman–Crippen LogP) is 5.23. The maximum atomic E-state index is 13.9. The number of nitrogens with zero attached hydrogens (tertiary/aromatic N) is 3. The Labute approximate surface area is 190 Å². The van der Waals surface area contributed by atoms with Crippen molar-refractivity contribution >= 4 is 16.9 Å². The Kier molecular flexibility index (Phi) is 6.35. The summed E-state index contributed by atoms with van der Waals surface area (Å²) in [5.74, 6) is 0.430. The molecule has 1 atom stereocenters. The van der Waals surface area contributed by atoms with Gasteiger partial charge in [-0.25, -0.2) is 18.4 Å². The highest BCUT2D eigenvalue weighted by molar-refractivity contribution is 5.87. The number of amides is 1. The number of benzene rings is 2. The first-order valence-electron chi connectivity index (χ1n) is 10.5. The van der Waals surface area contributed by atoms with Crippen LogP contribution in [0.15, 0.2) is 60.7 Å². The summed E-state index contributed by atoms with van der Waals surface area (Å²) in [6.07, 6.45) is -2.70.